The lowest BCUT2D eigenvalue weighted by atomic mass is 10.0. The van der Waals surface area contributed by atoms with E-state index in [-0.39, 0.29) is 12.1 Å². The Kier molecular flexibility index (Phi) is 5.05. The molecular formula is C17H26N2O. The van der Waals surface area contributed by atoms with Crippen molar-refractivity contribution in [2.45, 2.75) is 46.2 Å². The van der Waals surface area contributed by atoms with Crippen molar-refractivity contribution < 1.29 is 4.79 Å². The highest BCUT2D eigenvalue weighted by Gasteiger charge is 2.26. The van der Waals surface area contributed by atoms with Gasteiger partial charge >= 0.3 is 6.03 Å². The number of rotatable bonds is 3. The summed E-state index contributed by atoms with van der Waals surface area (Å²) in [5.41, 5.74) is 1.19. The average molecular weight is 274 g/mol. The molecule has 0 bridgehead atoms. The number of amides is 2. The van der Waals surface area contributed by atoms with Crippen molar-refractivity contribution in [2.75, 3.05) is 13.1 Å². The first-order valence-corrected chi connectivity index (χ1v) is 7.67. The minimum Gasteiger partial charge on any atom is -0.324 e. The Morgan fingerprint density at radius 2 is 2.05 bits per heavy atom. The Labute approximate surface area is 122 Å². The lowest BCUT2D eigenvalue weighted by Crippen LogP contribution is -2.49. The van der Waals surface area contributed by atoms with E-state index >= 15 is 0 Å². The number of piperidine rings is 1. The Bertz CT molecular complexity index is 430. The van der Waals surface area contributed by atoms with Crippen LogP contribution in [0.15, 0.2) is 30.3 Å². The molecule has 1 aromatic carbocycles. The van der Waals surface area contributed by atoms with Crippen LogP contribution in [0.2, 0.25) is 0 Å². The lowest BCUT2D eigenvalue weighted by molar-refractivity contribution is 0.117. The molecule has 0 N–H and O–H groups in total. The first-order chi connectivity index (χ1) is 9.58. The summed E-state index contributed by atoms with van der Waals surface area (Å²) in [7, 11) is 0. The summed E-state index contributed by atoms with van der Waals surface area (Å²) in [4.78, 5) is 16.7. The van der Waals surface area contributed by atoms with Gasteiger partial charge in [-0.25, -0.2) is 4.79 Å². The van der Waals surface area contributed by atoms with Gasteiger partial charge in [-0.2, -0.15) is 0 Å². The minimum atomic E-state index is 0.190. The van der Waals surface area contributed by atoms with Crippen molar-refractivity contribution in [1.82, 2.24) is 9.80 Å². The molecule has 1 fully saturated rings. The van der Waals surface area contributed by atoms with Gasteiger partial charge in [-0.05, 0) is 38.2 Å². The number of carbonyl (C=O) groups excluding carboxylic acids is 1. The monoisotopic (exact) mass is 274 g/mol. The summed E-state index contributed by atoms with van der Waals surface area (Å²) in [6.45, 7) is 8.92. The van der Waals surface area contributed by atoms with Crippen LogP contribution in [0.4, 0.5) is 4.79 Å². The fourth-order valence-corrected chi connectivity index (χ4v) is 2.80. The Morgan fingerprint density at radius 1 is 1.35 bits per heavy atom. The topological polar surface area (TPSA) is 23.6 Å². The Morgan fingerprint density at radius 3 is 2.65 bits per heavy atom. The number of benzene rings is 1. The van der Waals surface area contributed by atoms with Crippen LogP contribution in [-0.4, -0.2) is 35.0 Å². The SMILES string of the molecule is CC1CCCN(C(=O)N(Cc2ccccc2)C(C)C)C1. The zero-order valence-corrected chi connectivity index (χ0v) is 12.9. The minimum absolute atomic E-state index is 0.190. The van der Waals surface area contributed by atoms with Crippen molar-refractivity contribution >= 4 is 6.03 Å². The van der Waals surface area contributed by atoms with Crippen LogP contribution in [0.25, 0.3) is 0 Å². The van der Waals surface area contributed by atoms with E-state index in [9.17, 15) is 4.79 Å². The molecule has 2 amide bonds. The highest BCUT2D eigenvalue weighted by molar-refractivity contribution is 5.75. The van der Waals surface area contributed by atoms with Crippen LogP contribution in [0, 0.1) is 5.92 Å². The second kappa shape index (κ2) is 6.78. The Hall–Kier alpha value is -1.51. The van der Waals surface area contributed by atoms with E-state index in [0.717, 1.165) is 19.5 Å². The van der Waals surface area contributed by atoms with Gasteiger partial charge in [-0.3, -0.25) is 0 Å². The highest BCUT2D eigenvalue weighted by atomic mass is 16.2. The van der Waals surface area contributed by atoms with Crippen LogP contribution in [0.1, 0.15) is 39.2 Å². The van der Waals surface area contributed by atoms with Crippen LogP contribution in [-0.2, 0) is 6.54 Å². The molecule has 0 spiro atoms. The van der Waals surface area contributed by atoms with E-state index < -0.39 is 0 Å². The maximum Gasteiger partial charge on any atom is 0.320 e. The van der Waals surface area contributed by atoms with E-state index in [2.05, 4.69) is 32.9 Å². The van der Waals surface area contributed by atoms with Crippen molar-refractivity contribution in [3.05, 3.63) is 35.9 Å². The molecule has 1 atom stereocenters. The van der Waals surface area contributed by atoms with E-state index in [0.29, 0.717) is 12.5 Å². The van der Waals surface area contributed by atoms with Gasteiger partial charge in [-0.15, -0.1) is 0 Å². The van der Waals surface area contributed by atoms with E-state index in [1.807, 2.05) is 28.0 Å². The normalized spacial score (nSPS) is 19.2. The fraction of sp³-hybridized carbons (Fsp3) is 0.588. The number of likely N-dealkylation sites (tertiary alicyclic amines) is 1. The maximum absolute atomic E-state index is 12.7. The zero-order valence-electron chi connectivity index (χ0n) is 12.9. The number of urea groups is 1. The van der Waals surface area contributed by atoms with Crippen LogP contribution in [0.3, 0.4) is 0 Å². The van der Waals surface area contributed by atoms with Crippen molar-refractivity contribution in [2.24, 2.45) is 5.92 Å². The molecule has 0 aromatic heterocycles. The summed E-state index contributed by atoms with van der Waals surface area (Å²) in [6.07, 6.45) is 2.37. The second-order valence-corrected chi connectivity index (χ2v) is 6.18. The predicted octanol–water partition coefficient (Wildman–Crippen LogP) is 3.75. The quantitative estimate of drug-likeness (QED) is 0.823. The number of hydrogen-bond acceptors (Lipinski definition) is 1. The van der Waals surface area contributed by atoms with E-state index in [1.165, 1.54) is 12.0 Å². The van der Waals surface area contributed by atoms with E-state index in [1.54, 1.807) is 0 Å². The first kappa shape index (κ1) is 14.9. The standard InChI is InChI=1S/C17H26N2O/c1-14(2)19(13-16-9-5-4-6-10-16)17(20)18-11-7-8-15(3)12-18/h4-6,9-10,14-15H,7-8,11-13H2,1-3H3. The zero-order chi connectivity index (χ0) is 14.5. The molecule has 1 aliphatic rings. The van der Waals surface area contributed by atoms with Crippen molar-refractivity contribution in [3.8, 4) is 0 Å². The molecular weight excluding hydrogens is 248 g/mol. The summed E-state index contributed by atoms with van der Waals surface area (Å²) in [5.74, 6) is 0.624. The third kappa shape index (κ3) is 3.75. The summed E-state index contributed by atoms with van der Waals surface area (Å²) >= 11 is 0. The van der Waals surface area contributed by atoms with Gasteiger partial charge in [0.25, 0.3) is 0 Å². The molecule has 1 saturated heterocycles. The molecule has 0 saturated carbocycles. The maximum atomic E-state index is 12.7. The lowest BCUT2D eigenvalue weighted by Gasteiger charge is -2.37. The fourth-order valence-electron chi connectivity index (χ4n) is 2.80. The van der Waals surface area contributed by atoms with Crippen LogP contribution < -0.4 is 0 Å². The number of carbonyl (C=O) groups is 1. The molecule has 3 heteroatoms. The van der Waals surface area contributed by atoms with Gasteiger partial charge in [0, 0.05) is 25.7 Å². The van der Waals surface area contributed by atoms with Gasteiger partial charge in [0.05, 0.1) is 0 Å². The van der Waals surface area contributed by atoms with Gasteiger partial charge in [0.1, 0.15) is 0 Å². The van der Waals surface area contributed by atoms with Crippen molar-refractivity contribution in [3.63, 3.8) is 0 Å². The van der Waals surface area contributed by atoms with Gasteiger partial charge < -0.3 is 9.80 Å². The third-order valence-corrected chi connectivity index (χ3v) is 3.99. The molecule has 1 aromatic rings. The molecule has 2 rings (SSSR count). The molecule has 0 radical (unpaired) electrons. The van der Waals surface area contributed by atoms with Crippen LogP contribution >= 0.6 is 0 Å². The smallest absolute Gasteiger partial charge is 0.320 e. The second-order valence-electron chi connectivity index (χ2n) is 6.18. The van der Waals surface area contributed by atoms with E-state index in [4.69, 9.17) is 0 Å². The molecule has 1 aliphatic heterocycles. The average Bonchev–Trinajstić information content (AvgIpc) is 2.45. The number of nitrogens with zero attached hydrogens (tertiary/aromatic N) is 2. The summed E-state index contributed by atoms with van der Waals surface area (Å²) in [5, 5.41) is 0. The summed E-state index contributed by atoms with van der Waals surface area (Å²) in [6, 6.07) is 10.7. The summed E-state index contributed by atoms with van der Waals surface area (Å²) < 4.78 is 0. The third-order valence-electron chi connectivity index (χ3n) is 3.99. The Balaban J connectivity index is 2.06. The van der Waals surface area contributed by atoms with Gasteiger partial charge in [-0.1, -0.05) is 37.3 Å². The highest BCUT2D eigenvalue weighted by Crippen LogP contribution is 2.19. The number of hydrogen-bond donors (Lipinski definition) is 0. The molecule has 0 aliphatic carbocycles. The van der Waals surface area contributed by atoms with Crippen LogP contribution in [0.5, 0.6) is 0 Å². The molecule has 110 valence electrons. The molecule has 1 heterocycles. The van der Waals surface area contributed by atoms with Gasteiger partial charge in [0.15, 0.2) is 0 Å². The molecule has 1 unspecified atom stereocenters. The predicted molar refractivity (Wildman–Crippen MR) is 82.5 cm³/mol. The van der Waals surface area contributed by atoms with Gasteiger partial charge in [0.2, 0.25) is 0 Å². The molecule has 3 nitrogen and oxygen atoms in total. The molecule has 20 heavy (non-hydrogen) atoms. The largest absolute Gasteiger partial charge is 0.324 e. The van der Waals surface area contributed by atoms with Crippen molar-refractivity contribution in [1.29, 1.82) is 0 Å². The first-order valence-electron chi connectivity index (χ1n) is 7.67.